The second-order valence-corrected chi connectivity index (χ2v) is 23.9. The highest BCUT2D eigenvalue weighted by molar-refractivity contribution is 8.10. The van der Waals surface area contributed by atoms with E-state index in [-0.39, 0.29) is 0 Å². The summed E-state index contributed by atoms with van der Waals surface area (Å²) in [5.74, 6) is 2.77. The molecule has 0 aliphatic carbocycles. The minimum Gasteiger partial charge on any atom is -0.441 e. The van der Waals surface area contributed by atoms with Crippen molar-refractivity contribution >= 4 is 76.7 Å². The number of rotatable bonds is 9. The van der Waals surface area contributed by atoms with Crippen molar-refractivity contribution in [2.45, 2.75) is 6.42 Å². The van der Waals surface area contributed by atoms with Gasteiger partial charge in [-0.05, 0) is 152 Å². The maximum absolute atomic E-state index is 6.64. The zero-order valence-corrected chi connectivity index (χ0v) is 33.0. The van der Waals surface area contributed by atoms with Gasteiger partial charge in [-0.1, -0.05) is 24.3 Å². The molecule has 1 aliphatic heterocycles. The number of hydrogen-bond acceptors (Lipinski definition) is 7. The minimum absolute atomic E-state index is 0.528. The van der Waals surface area contributed by atoms with Crippen molar-refractivity contribution in [3.05, 3.63) is 71.8 Å². The van der Waals surface area contributed by atoms with E-state index in [1.165, 1.54) is 0 Å². The van der Waals surface area contributed by atoms with Gasteiger partial charge in [-0.3, -0.25) is 0 Å². The van der Waals surface area contributed by atoms with Crippen LogP contribution in [0.5, 0.6) is 23.0 Å². The largest absolute Gasteiger partial charge is 0.441 e. The molecule has 4 aromatic carbocycles. The van der Waals surface area contributed by atoms with Crippen LogP contribution in [0, 0.1) is 0 Å². The maximum Gasteiger partial charge on any atom is 0.367 e. The quantitative estimate of drug-likeness (QED) is 0.159. The van der Waals surface area contributed by atoms with E-state index in [0.29, 0.717) is 29.4 Å². The third kappa shape index (κ3) is 6.65. The summed E-state index contributed by atoms with van der Waals surface area (Å²) in [7, 11) is 19.4. The van der Waals surface area contributed by atoms with Crippen LogP contribution in [-0.2, 0) is 41.8 Å². The molecule has 0 saturated carbocycles. The molecule has 0 bridgehead atoms. The van der Waals surface area contributed by atoms with Crippen LogP contribution >= 0.6 is 19.8 Å². The summed E-state index contributed by atoms with van der Waals surface area (Å²) in [5.41, 5.74) is 1.99. The molecule has 4 aromatic rings. The third-order valence-electron chi connectivity index (χ3n) is 7.86. The maximum atomic E-state index is 6.64. The highest BCUT2D eigenvalue weighted by atomic mass is 32.5. The van der Waals surface area contributed by atoms with Crippen LogP contribution in [0.2, 0.25) is 0 Å². The molecule has 1 heterocycles. The Morgan fingerprint density at radius 3 is 1.26 bits per heavy atom. The predicted octanol–water partition coefficient (Wildman–Crippen LogP) is 7.59. The molecule has 0 radical (unpaired) electrons. The summed E-state index contributed by atoms with van der Waals surface area (Å²) in [6.45, 7) is -7.88. The van der Waals surface area contributed by atoms with Gasteiger partial charge in [-0.15, -0.1) is 0 Å². The van der Waals surface area contributed by atoms with Gasteiger partial charge < -0.3 is 18.1 Å². The first-order valence-corrected chi connectivity index (χ1v) is 22.4. The van der Waals surface area contributed by atoms with Crippen LogP contribution in [0.4, 0.5) is 0 Å². The van der Waals surface area contributed by atoms with Gasteiger partial charge in [-0.25, -0.2) is 23.4 Å². The highest BCUT2D eigenvalue weighted by Gasteiger charge is 2.33. The molecule has 0 fully saturated rings. The van der Waals surface area contributed by atoms with Crippen LogP contribution in [0.1, 0.15) is 11.1 Å². The SMILES string of the molecule is CN(C)P1(=S)Oc2ccc3ccc(OP(=S)(N(C)C)N(C)C)cc3c2Cc2c(ccc3ccc(OP(=S)(N(C)C)N(C)C)cc23)O1. The molecule has 0 unspecified atom stereocenters. The molecular weight excluding hydrogens is 695 g/mol. The molecular formula is C31H42N5O4P3S3. The molecule has 0 amide bonds. The molecule has 0 atom stereocenters. The second kappa shape index (κ2) is 13.3. The molecule has 0 spiro atoms. The van der Waals surface area contributed by atoms with E-state index in [9.17, 15) is 0 Å². The lowest BCUT2D eigenvalue weighted by Gasteiger charge is -2.34. The molecule has 5 rings (SSSR count). The van der Waals surface area contributed by atoms with E-state index in [0.717, 1.165) is 32.7 Å². The van der Waals surface area contributed by atoms with Gasteiger partial charge in [0, 0.05) is 29.4 Å². The summed E-state index contributed by atoms with van der Waals surface area (Å²) >= 11 is 18.2. The Bertz CT molecular complexity index is 1800. The van der Waals surface area contributed by atoms with Gasteiger partial charge >= 0.3 is 6.64 Å². The molecule has 0 N–H and O–H groups in total. The zero-order valence-electron chi connectivity index (χ0n) is 27.9. The summed E-state index contributed by atoms with van der Waals surface area (Å²) in [6, 6.07) is 20.3. The monoisotopic (exact) mass is 737 g/mol. The predicted molar refractivity (Wildman–Crippen MR) is 205 cm³/mol. The molecule has 1 aliphatic rings. The smallest absolute Gasteiger partial charge is 0.367 e. The summed E-state index contributed by atoms with van der Waals surface area (Å²) in [4.78, 5) is 0. The van der Waals surface area contributed by atoms with E-state index in [1.54, 1.807) is 0 Å². The van der Waals surface area contributed by atoms with Gasteiger partial charge in [0.05, 0.1) is 0 Å². The Hall–Kier alpha value is -1.65. The average Bonchev–Trinajstić information content (AvgIpc) is 2.97. The van der Waals surface area contributed by atoms with Crippen molar-refractivity contribution in [3.63, 3.8) is 0 Å². The fourth-order valence-electron chi connectivity index (χ4n) is 5.26. The van der Waals surface area contributed by atoms with E-state index >= 15 is 0 Å². The fourth-order valence-corrected chi connectivity index (χ4v) is 10.3. The Labute approximate surface area is 288 Å². The minimum atomic E-state index is -2.97. The first kappa shape index (κ1) is 35.7. The number of benzene rings is 4. The van der Waals surface area contributed by atoms with Gasteiger partial charge in [-0.2, -0.15) is 0 Å². The van der Waals surface area contributed by atoms with E-state index < -0.39 is 19.8 Å². The Morgan fingerprint density at radius 1 is 0.587 bits per heavy atom. The fraction of sp³-hybridized carbons (Fsp3) is 0.355. The topological polar surface area (TPSA) is 53.1 Å². The van der Waals surface area contributed by atoms with E-state index in [4.69, 9.17) is 53.5 Å². The Balaban J connectivity index is 1.73. The van der Waals surface area contributed by atoms with Gasteiger partial charge in [0.15, 0.2) is 0 Å². The normalized spacial score (nSPS) is 15.1. The Kier molecular flexibility index (Phi) is 10.3. The number of fused-ring (bicyclic) bond motifs is 6. The van der Waals surface area contributed by atoms with Crippen LogP contribution in [-0.4, -0.2) is 93.8 Å². The van der Waals surface area contributed by atoms with Gasteiger partial charge in [0.2, 0.25) is 0 Å². The number of hydrogen-bond donors (Lipinski definition) is 0. The molecule has 0 aromatic heterocycles. The lowest BCUT2D eigenvalue weighted by atomic mass is 9.93. The lowest BCUT2D eigenvalue weighted by molar-refractivity contribution is 0.408. The molecule has 248 valence electrons. The molecule has 46 heavy (non-hydrogen) atoms. The number of nitrogens with zero attached hydrogens (tertiary/aromatic N) is 5. The summed E-state index contributed by atoms with van der Waals surface area (Å²) in [5, 5.41) is 4.12. The van der Waals surface area contributed by atoms with Crippen molar-refractivity contribution < 1.29 is 18.1 Å². The van der Waals surface area contributed by atoms with Crippen LogP contribution in [0.15, 0.2) is 60.7 Å². The molecule has 9 nitrogen and oxygen atoms in total. The van der Waals surface area contributed by atoms with Crippen molar-refractivity contribution in [1.82, 2.24) is 23.4 Å². The summed E-state index contributed by atoms with van der Waals surface area (Å²) in [6.07, 6.45) is 0.528. The third-order valence-corrected chi connectivity index (χ3v) is 20.4. The van der Waals surface area contributed by atoms with Crippen LogP contribution < -0.4 is 18.1 Å². The first-order valence-electron chi connectivity index (χ1n) is 14.6. The molecule has 0 saturated heterocycles. The first-order chi connectivity index (χ1) is 21.5. The molecule has 15 heteroatoms. The zero-order chi connectivity index (χ0) is 33.8. The highest BCUT2D eigenvalue weighted by Crippen LogP contribution is 2.57. The standard InChI is InChI=1S/C31H42N5O4P3S3/c1-32(2)41(44,33(3)4)37-24-15-11-22-13-17-30-28(26(22)19-24)21-29-27-20-25(38-42(45,34(5)6)35(7)8)16-12-23(27)14-18-31(29)40-43(46,39-30)36(9)10/h11-20H,21H2,1-10H3. The van der Waals surface area contributed by atoms with E-state index in [2.05, 4.69) is 24.3 Å². The Morgan fingerprint density at radius 2 is 0.935 bits per heavy atom. The van der Waals surface area contributed by atoms with Crippen LogP contribution in [0.3, 0.4) is 0 Å². The second-order valence-electron chi connectivity index (χ2n) is 12.1. The van der Waals surface area contributed by atoms with Gasteiger partial charge in [0.25, 0.3) is 13.1 Å². The van der Waals surface area contributed by atoms with Crippen molar-refractivity contribution in [2.75, 3.05) is 70.5 Å². The van der Waals surface area contributed by atoms with Crippen LogP contribution in [0.25, 0.3) is 21.5 Å². The average molecular weight is 738 g/mol. The van der Waals surface area contributed by atoms with Crippen molar-refractivity contribution in [1.29, 1.82) is 0 Å². The summed E-state index contributed by atoms with van der Waals surface area (Å²) < 4.78 is 36.2. The van der Waals surface area contributed by atoms with Crippen molar-refractivity contribution in [3.8, 4) is 23.0 Å². The lowest BCUT2D eigenvalue weighted by Crippen LogP contribution is -2.24. The van der Waals surface area contributed by atoms with Crippen molar-refractivity contribution in [2.24, 2.45) is 0 Å². The van der Waals surface area contributed by atoms with E-state index in [1.807, 2.05) is 130 Å². The van der Waals surface area contributed by atoms with Gasteiger partial charge in [0.1, 0.15) is 23.0 Å².